The summed E-state index contributed by atoms with van der Waals surface area (Å²) in [5.74, 6) is 0.920. The highest BCUT2D eigenvalue weighted by Gasteiger charge is 2.44. The van der Waals surface area contributed by atoms with Crippen LogP contribution in [0.4, 0.5) is 0 Å². The van der Waals surface area contributed by atoms with Gasteiger partial charge < -0.3 is 14.4 Å². The molecule has 2 atom stereocenters. The number of hydrogen-bond acceptors (Lipinski definition) is 4. The van der Waals surface area contributed by atoms with Crippen LogP contribution in [0, 0.1) is 5.92 Å². The number of carbonyl (C=O) groups is 1. The van der Waals surface area contributed by atoms with E-state index in [0.29, 0.717) is 36.4 Å². The number of morpholine rings is 1. The molecule has 30 heavy (non-hydrogen) atoms. The van der Waals surface area contributed by atoms with Gasteiger partial charge in [-0.15, -0.1) is 0 Å². The van der Waals surface area contributed by atoms with Crippen LogP contribution in [0.2, 0.25) is 5.02 Å². The Morgan fingerprint density at radius 2 is 1.80 bits per heavy atom. The number of amides is 1. The zero-order valence-electron chi connectivity index (χ0n) is 18.3. The number of ether oxygens (including phenoxy) is 2. The molecule has 0 aromatic heterocycles. The van der Waals surface area contributed by atoms with Crippen molar-refractivity contribution in [1.82, 2.24) is 9.80 Å². The maximum Gasteiger partial charge on any atom is 0.233 e. The minimum absolute atomic E-state index is 0.264. The molecule has 3 saturated heterocycles. The largest absolute Gasteiger partial charge is 0.381 e. The third-order valence-corrected chi connectivity index (χ3v) is 7.28. The average molecular weight is 435 g/mol. The number of carbonyl (C=O) groups excluding carboxylic acids is 1. The van der Waals surface area contributed by atoms with Gasteiger partial charge in [-0.25, -0.2) is 0 Å². The van der Waals surface area contributed by atoms with E-state index in [1.54, 1.807) is 0 Å². The molecule has 3 fully saturated rings. The molecule has 0 N–H and O–H groups in total. The summed E-state index contributed by atoms with van der Waals surface area (Å²) in [6.07, 6.45) is 4.23. The summed E-state index contributed by atoms with van der Waals surface area (Å²) in [5, 5.41) is 0.693. The van der Waals surface area contributed by atoms with Crippen molar-refractivity contribution in [1.29, 1.82) is 0 Å². The minimum Gasteiger partial charge on any atom is -0.381 e. The second-order valence-corrected chi connectivity index (χ2v) is 9.85. The van der Waals surface area contributed by atoms with Gasteiger partial charge in [0.1, 0.15) is 0 Å². The molecule has 0 radical (unpaired) electrons. The van der Waals surface area contributed by atoms with Crippen molar-refractivity contribution in [2.24, 2.45) is 5.92 Å². The van der Waals surface area contributed by atoms with Crippen molar-refractivity contribution in [3.05, 3.63) is 34.9 Å². The molecular weight excluding hydrogens is 400 g/mol. The standard InChI is InChI=1S/C24H35ClN2O3/c1-18-15-26(16-19(2)30-18)17-20-6-10-27(11-7-20)23(28)24(8-12-29-13-9-24)21-4-3-5-22(25)14-21/h3-5,14,18-20H,6-13,15-17H2,1-2H3. The molecule has 2 unspecified atom stereocenters. The number of benzene rings is 1. The lowest BCUT2D eigenvalue weighted by atomic mass is 9.72. The number of piperidine rings is 1. The lowest BCUT2D eigenvalue weighted by molar-refractivity contribution is -0.143. The first-order chi connectivity index (χ1) is 14.5. The zero-order chi connectivity index (χ0) is 21.1. The van der Waals surface area contributed by atoms with Gasteiger partial charge >= 0.3 is 0 Å². The van der Waals surface area contributed by atoms with E-state index in [4.69, 9.17) is 21.1 Å². The van der Waals surface area contributed by atoms with Crippen LogP contribution in [0.25, 0.3) is 0 Å². The van der Waals surface area contributed by atoms with Gasteiger partial charge in [0.05, 0.1) is 17.6 Å². The van der Waals surface area contributed by atoms with E-state index in [1.165, 1.54) is 0 Å². The molecule has 3 aliphatic heterocycles. The molecule has 3 aliphatic rings. The number of likely N-dealkylation sites (tertiary alicyclic amines) is 1. The molecular formula is C24H35ClN2O3. The third-order valence-electron chi connectivity index (χ3n) is 7.05. The molecule has 0 spiro atoms. The van der Waals surface area contributed by atoms with E-state index in [9.17, 15) is 4.79 Å². The molecule has 1 aromatic rings. The molecule has 0 saturated carbocycles. The van der Waals surface area contributed by atoms with E-state index in [0.717, 1.165) is 64.0 Å². The van der Waals surface area contributed by atoms with Gasteiger partial charge in [-0.2, -0.15) is 0 Å². The number of rotatable bonds is 4. The van der Waals surface area contributed by atoms with Crippen LogP contribution >= 0.6 is 11.6 Å². The smallest absolute Gasteiger partial charge is 0.233 e. The summed E-state index contributed by atoms with van der Waals surface area (Å²) in [6, 6.07) is 7.86. The second kappa shape index (κ2) is 9.56. The van der Waals surface area contributed by atoms with Gasteiger partial charge in [0.25, 0.3) is 0 Å². The fourth-order valence-corrected chi connectivity index (χ4v) is 5.74. The molecule has 1 aromatic carbocycles. The maximum atomic E-state index is 13.8. The van der Waals surface area contributed by atoms with Gasteiger partial charge in [-0.3, -0.25) is 9.69 Å². The quantitative estimate of drug-likeness (QED) is 0.724. The highest BCUT2D eigenvalue weighted by molar-refractivity contribution is 6.30. The number of nitrogens with zero attached hydrogens (tertiary/aromatic N) is 2. The summed E-state index contributed by atoms with van der Waals surface area (Å²) in [7, 11) is 0. The van der Waals surface area contributed by atoms with E-state index in [2.05, 4.69) is 29.7 Å². The Labute approximate surface area is 185 Å². The topological polar surface area (TPSA) is 42.0 Å². The van der Waals surface area contributed by atoms with Crippen molar-refractivity contribution < 1.29 is 14.3 Å². The molecule has 166 valence electrons. The second-order valence-electron chi connectivity index (χ2n) is 9.42. The summed E-state index contributed by atoms with van der Waals surface area (Å²) in [6.45, 7) is 10.4. The van der Waals surface area contributed by atoms with Crippen LogP contribution in [0.3, 0.4) is 0 Å². The zero-order valence-corrected chi connectivity index (χ0v) is 19.1. The predicted molar refractivity (Wildman–Crippen MR) is 119 cm³/mol. The van der Waals surface area contributed by atoms with Crippen molar-refractivity contribution in [2.45, 2.75) is 57.2 Å². The lowest BCUT2D eigenvalue weighted by Crippen LogP contribution is -2.53. The van der Waals surface area contributed by atoms with Crippen molar-refractivity contribution >= 4 is 17.5 Å². The first-order valence-electron chi connectivity index (χ1n) is 11.5. The Morgan fingerprint density at radius 3 is 2.43 bits per heavy atom. The Hall–Kier alpha value is -1.14. The average Bonchev–Trinajstić information content (AvgIpc) is 2.73. The first kappa shape index (κ1) is 22.1. The molecule has 3 heterocycles. The van der Waals surface area contributed by atoms with E-state index >= 15 is 0 Å². The van der Waals surface area contributed by atoms with E-state index in [-0.39, 0.29) is 5.91 Å². The molecule has 5 nitrogen and oxygen atoms in total. The van der Waals surface area contributed by atoms with Crippen LogP contribution in [0.5, 0.6) is 0 Å². The molecule has 4 rings (SSSR count). The van der Waals surface area contributed by atoms with Crippen molar-refractivity contribution in [3.8, 4) is 0 Å². The van der Waals surface area contributed by atoms with Crippen LogP contribution < -0.4 is 0 Å². The minimum atomic E-state index is -0.495. The Balaban J connectivity index is 1.40. The predicted octanol–water partition coefficient (Wildman–Crippen LogP) is 3.74. The third kappa shape index (κ3) is 4.85. The van der Waals surface area contributed by atoms with Crippen LogP contribution in [0.1, 0.15) is 45.1 Å². The Kier molecular flexibility index (Phi) is 7.03. The van der Waals surface area contributed by atoms with Crippen LogP contribution in [0.15, 0.2) is 24.3 Å². The SMILES string of the molecule is CC1CN(CC2CCN(C(=O)C3(c4cccc(Cl)c4)CCOCC3)CC2)CC(C)O1. The van der Waals surface area contributed by atoms with Gasteiger partial charge in [-0.05, 0) is 63.1 Å². The summed E-state index contributed by atoms with van der Waals surface area (Å²) < 4.78 is 11.5. The van der Waals surface area contributed by atoms with Gasteiger partial charge in [0, 0.05) is 51.0 Å². The molecule has 6 heteroatoms. The number of halogens is 1. The van der Waals surface area contributed by atoms with Gasteiger partial charge in [-0.1, -0.05) is 23.7 Å². The molecule has 1 amide bonds. The van der Waals surface area contributed by atoms with E-state index < -0.39 is 5.41 Å². The fourth-order valence-electron chi connectivity index (χ4n) is 5.55. The fraction of sp³-hybridized carbons (Fsp3) is 0.708. The molecule has 0 aliphatic carbocycles. The summed E-state index contributed by atoms with van der Waals surface area (Å²) >= 11 is 6.28. The first-order valence-corrected chi connectivity index (χ1v) is 11.8. The van der Waals surface area contributed by atoms with Crippen LogP contribution in [-0.4, -0.2) is 73.9 Å². The molecule has 0 bridgehead atoms. The Morgan fingerprint density at radius 1 is 1.13 bits per heavy atom. The monoisotopic (exact) mass is 434 g/mol. The summed E-state index contributed by atoms with van der Waals surface area (Å²) in [5.41, 5.74) is 0.548. The Bertz CT molecular complexity index is 719. The van der Waals surface area contributed by atoms with Gasteiger partial charge in [0.15, 0.2) is 0 Å². The lowest BCUT2D eigenvalue weighted by Gasteiger charge is -2.43. The highest BCUT2D eigenvalue weighted by atomic mass is 35.5. The maximum absolute atomic E-state index is 13.8. The van der Waals surface area contributed by atoms with E-state index in [1.807, 2.05) is 18.2 Å². The van der Waals surface area contributed by atoms with Gasteiger partial charge in [0.2, 0.25) is 5.91 Å². The van der Waals surface area contributed by atoms with Crippen molar-refractivity contribution in [3.63, 3.8) is 0 Å². The van der Waals surface area contributed by atoms with Crippen molar-refractivity contribution in [2.75, 3.05) is 45.9 Å². The normalized spacial score (nSPS) is 28.4. The van der Waals surface area contributed by atoms with Crippen LogP contribution in [-0.2, 0) is 19.7 Å². The summed E-state index contributed by atoms with van der Waals surface area (Å²) in [4.78, 5) is 18.4. The number of hydrogen-bond donors (Lipinski definition) is 0. The highest BCUT2D eigenvalue weighted by Crippen LogP contribution is 2.38.